The summed E-state index contributed by atoms with van der Waals surface area (Å²) in [5, 5.41) is 20.3. The van der Waals surface area contributed by atoms with Crippen LogP contribution in [0.3, 0.4) is 0 Å². The minimum atomic E-state index is -0.607. The fraction of sp³-hybridized carbons (Fsp3) is 0.556. The number of aromatic hydroxyl groups is 1. The third-order valence-corrected chi connectivity index (χ3v) is 5.73. The van der Waals surface area contributed by atoms with Crippen molar-refractivity contribution in [1.29, 1.82) is 0 Å². The van der Waals surface area contributed by atoms with Crippen LogP contribution in [0.25, 0.3) is 0 Å². The van der Waals surface area contributed by atoms with E-state index in [1.54, 1.807) is 6.07 Å². The van der Waals surface area contributed by atoms with Gasteiger partial charge in [-0.05, 0) is 42.7 Å². The Hall–Kier alpha value is -1.48. The van der Waals surface area contributed by atoms with Gasteiger partial charge in [-0.2, -0.15) is 0 Å². The summed E-state index contributed by atoms with van der Waals surface area (Å²) in [6, 6.07) is 3.80. The van der Waals surface area contributed by atoms with E-state index in [0.29, 0.717) is 17.6 Å². The monoisotopic (exact) mass is 286 g/mol. The molecule has 4 bridgehead atoms. The summed E-state index contributed by atoms with van der Waals surface area (Å²) in [6.07, 6.45) is 8.12. The lowest BCUT2D eigenvalue weighted by molar-refractivity contribution is 0.134. The Morgan fingerprint density at radius 1 is 1.29 bits per heavy atom. The number of rotatable bonds is 0. The summed E-state index contributed by atoms with van der Waals surface area (Å²) in [5.41, 5.74) is 2.50. The van der Waals surface area contributed by atoms with Crippen LogP contribution in [-0.2, 0) is 11.8 Å². The molecule has 3 heteroatoms. The number of ether oxygens (including phenoxy) is 1. The second-order valence-corrected chi connectivity index (χ2v) is 7.01. The minimum Gasteiger partial charge on any atom is -0.504 e. The zero-order valence-corrected chi connectivity index (χ0v) is 12.4. The Bertz CT molecular complexity index is 607. The van der Waals surface area contributed by atoms with Gasteiger partial charge in [0.1, 0.15) is 12.7 Å². The standard InChI is InChI=1S/C18H22O3/c1-18-8-2-3-11-9-12-4-7-15(20)17(16(12)18)21-10-13(19)5-6-14(11)18/h4-7,11,13-14,19-20H,2-3,8-10H2,1H3/b6-5-/t11-,13+,14+,18-/m1/s1. The van der Waals surface area contributed by atoms with Crippen molar-refractivity contribution < 1.29 is 14.9 Å². The molecule has 1 fully saturated rings. The maximum Gasteiger partial charge on any atom is 0.165 e. The lowest BCUT2D eigenvalue weighted by Gasteiger charge is -2.50. The SMILES string of the molecule is C[C@]12CCC[C@@H]3Cc4ccc(O)c(c41)OC[C@@H](O)/C=C\[C@@H]32. The number of benzene rings is 1. The lowest BCUT2D eigenvalue weighted by atomic mass is 9.54. The molecule has 112 valence electrons. The number of allylic oxidation sites excluding steroid dienone is 1. The Morgan fingerprint density at radius 2 is 2.14 bits per heavy atom. The average molecular weight is 286 g/mol. The minimum absolute atomic E-state index is 0.00509. The Kier molecular flexibility index (Phi) is 2.83. The van der Waals surface area contributed by atoms with Gasteiger partial charge in [-0.25, -0.2) is 0 Å². The molecular formula is C18H22O3. The summed E-state index contributed by atoms with van der Waals surface area (Å²) < 4.78 is 5.82. The lowest BCUT2D eigenvalue weighted by Crippen LogP contribution is -2.44. The number of phenolic OH excluding ortho intramolecular Hbond substituents is 1. The molecule has 1 aromatic carbocycles. The van der Waals surface area contributed by atoms with Gasteiger partial charge in [-0.3, -0.25) is 0 Å². The van der Waals surface area contributed by atoms with Crippen LogP contribution in [-0.4, -0.2) is 22.9 Å². The zero-order valence-electron chi connectivity index (χ0n) is 12.4. The van der Waals surface area contributed by atoms with Crippen molar-refractivity contribution >= 4 is 0 Å². The molecule has 1 saturated carbocycles. The van der Waals surface area contributed by atoms with E-state index in [0.717, 1.165) is 12.8 Å². The predicted molar refractivity (Wildman–Crippen MR) is 80.6 cm³/mol. The normalized spacial score (nSPS) is 38.7. The number of hydrogen-bond donors (Lipinski definition) is 2. The van der Waals surface area contributed by atoms with Crippen LogP contribution in [0.4, 0.5) is 0 Å². The number of hydrogen-bond acceptors (Lipinski definition) is 3. The fourth-order valence-electron chi connectivity index (χ4n) is 4.80. The molecule has 0 saturated heterocycles. The molecule has 21 heavy (non-hydrogen) atoms. The van der Waals surface area contributed by atoms with E-state index in [2.05, 4.69) is 19.1 Å². The molecule has 0 radical (unpaired) electrons. The average Bonchev–Trinajstić information content (AvgIpc) is 2.48. The maximum absolute atomic E-state index is 10.3. The molecule has 1 aromatic rings. The molecule has 0 aromatic heterocycles. The summed E-state index contributed by atoms with van der Waals surface area (Å²) in [5.74, 6) is 1.86. The van der Waals surface area contributed by atoms with E-state index in [-0.39, 0.29) is 17.8 Å². The van der Waals surface area contributed by atoms with Crippen LogP contribution in [0.5, 0.6) is 11.5 Å². The van der Waals surface area contributed by atoms with Gasteiger partial charge in [0.15, 0.2) is 11.5 Å². The van der Waals surface area contributed by atoms with E-state index in [1.807, 2.05) is 6.08 Å². The summed E-state index contributed by atoms with van der Waals surface area (Å²) in [6.45, 7) is 2.50. The van der Waals surface area contributed by atoms with Crippen molar-refractivity contribution in [2.24, 2.45) is 11.8 Å². The van der Waals surface area contributed by atoms with Crippen LogP contribution >= 0.6 is 0 Å². The van der Waals surface area contributed by atoms with Gasteiger partial charge in [-0.15, -0.1) is 0 Å². The first-order valence-electron chi connectivity index (χ1n) is 7.94. The molecule has 0 amide bonds. The first kappa shape index (κ1) is 13.2. The van der Waals surface area contributed by atoms with Crippen LogP contribution in [0.15, 0.2) is 24.3 Å². The van der Waals surface area contributed by atoms with E-state index in [4.69, 9.17) is 4.74 Å². The van der Waals surface area contributed by atoms with E-state index < -0.39 is 6.10 Å². The molecule has 3 aliphatic rings. The molecule has 3 nitrogen and oxygen atoms in total. The largest absolute Gasteiger partial charge is 0.504 e. The Balaban J connectivity index is 1.99. The summed E-state index contributed by atoms with van der Waals surface area (Å²) >= 11 is 0. The van der Waals surface area contributed by atoms with Crippen molar-refractivity contribution in [3.05, 3.63) is 35.4 Å². The third kappa shape index (κ3) is 1.83. The molecule has 4 atom stereocenters. The second-order valence-electron chi connectivity index (χ2n) is 7.01. The van der Waals surface area contributed by atoms with Crippen molar-refractivity contribution in [3.63, 3.8) is 0 Å². The van der Waals surface area contributed by atoms with Crippen molar-refractivity contribution in [3.8, 4) is 11.5 Å². The molecule has 1 heterocycles. The zero-order chi connectivity index (χ0) is 14.6. The van der Waals surface area contributed by atoms with Gasteiger partial charge < -0.3 is 14.9 Å². The molecule has 0 spiro atoms. The molecule has 4 rings (SSSR count). The number of aliphatic hydroxyl groups is 1. The van der Waals surface area contributed by atoms with Gasteiger partial charge in [0.2, 0.25) is 0 Å². The Morgan fingerprint density at radius 3 is 3.00 bits per heavy atom. The predicted octanol–water partition coefficient (Wildman–Crippen LogP) is 2.93. The van der Waals surface area contributed by atoms with Crippen LogP contribution < -0.4 is 4.74 Å². The highest BCUT2D eigenvalue weighted by atomic mass is 16.5. The fourth-order valence-corrected chi connectivity index (χ4v) is 4.80. The second kappa shape index (κ2) is 4.51. The van der Waals surface area contributed by atoms with Crippen LogP contribution in [0, 0.1) is 11.8 Å². The smallest absolute Gasteiger partial charge is 0.165 e. The maximum atomic E-state index is 10.3. The molecule has 2 N–H and O–H groups in total. The van der Waals surface area contributed by atoms with Crippen molar-refractivity contribution in [2.45, 2.75) is 44.1 Å². The molecule has 2 aliphatic carbocycles. The molecule has 0 unspecified atom stereocenters. The van der Waals surface area contributed by atoms with Crippen LogP contribution in [0.2, 0.25) is 0 Å². The van der Waals surface area contributed by atoms with E-state index >= 15 is 0 Å². The molecule has 1 aliphatic heterocycles. The van der Waals surface area contributed by atoms with E-state index in [1.165, 1.54) is 24.0 Å². The molecular weight excluding hydrogens is 264 g/mol. The van der Waals surface area contributed by atoms with Gasteiger partial charge in [0.05, 0.1) is 0 Å². The summed E-state index contributed by atoms with van der Waals surface area (Å²) in [7, 11) is 0. The first-order chi connectivity index (χ1) is 10.1. The number of phenols is 1. The summed E-state index contributed by atoms with van der Waals surface area (Å²) in [4.78, 5) is 0. The van der Waals surface area contributed by atoms with E-state index in [9.17, 15) is 10.2 Å². The van der Waals surface area contributed by atoms with Crippen molar-refractivity contribution in [2.75, 3.05) is 6.61 Å². The van der Waals surface area contributed by atoms with Crippen molar-refractivity contribution in [1.82, 2.24) is 0 Å². The van der Waals surface area contributed by atoms with Gasteiger partial charge in [0.25, 0.3) is 0 Å². The number of aliphatic hydroxyl groups excluding tert-OH is 1. The third-order valence-electron chi connectivity index (χ3n) is 5.73. The highest BCUT2D eigenvalue weighted by Crippen LogP contribution is 2.57. The topological polar surface area (TPSA) is 49.7 Å². The van der Waals surface area contributed by atoms with Gasteiger partial charge >= 0.3 is 0 Å². The van der Waals surface area contributed by atoms with Gasteiger partial charge in [-0.1, -0.05) is 31.6 Å². The quantitative estimate of drug-likeness (QED) is 0.721. The highest BCUT2D eigenvalue weighted by molar-refractivity contribution is 5.56. The van der Waals surface area contributed by atoms with Gasteiger partial charge in [0, 0.05) is 11.0 Å². The highest BCUT2D eigenvalue weighted by Gasteiger charge is 2.49. The Labute approximate surface area is 125 Å². The first-order valence-corrected chi connectivity index (χ1v) is 7.94. The van der Waals surface area contributed by atoms with Crippen LogP contribution in [0.1, 0.15) is 37.3 Å².